The van der Waals surface area contributed by atoms with Gasteiger partial charge in [0.15, 0.2) is 0 Å². The Kier molecular flexibility index (Phi) is 7.20. The van der Waals surface area contributed by atoms with Crippen LogP contribution in [0.5, 0.6) is 5.75 Å². The van der Waals surface area contributed by atoms with Crippen LogP contribution in [0.1, 0.15) is 35.8 Å². The van der Waals surface area contributed by atoms with E-state index in [0.717, 1.165) is 38.4 Å². The first-order valence-corrected chi connectivity index (χ1v) is 10.00. The van der Waals surface area contributed by atoms with E-state index in [9.17, 15) is 18.0 Å². The van der Waals surface area contributed by atoms with Crippen molar-refractivity contribution in [2.45, 2.75) is 26.5 Å². The van der Waals surface area contributed by atoms with Crippen LogP contribution in [0.4, 0.5) is 18.9 Å². The first kappa shape index (κ1) is 22.0. The summed E-state index contributed by atoms with van der Waals surface area (Å²) in [6.07, 6.45) is 0. The van der Waals surface area contributed by atoms with Gasteiger partial charge in [0.2, 0.25) is 0 Å². The lowest BCUT2D eigenvalue weighted by atomic mass is 10.0. The molecule has 3 rings (SSSR count). The van der Waals surface area contributed by atoms with Crippen LogP contribution in [0, 0.1) is 5.82 Å². The molecule has 1 aliphatic rings. The molecule has 1 atom stereocenters. The van der Waals surface area contributed by atoms with Crippen LogP contribution in [-0.4, -0.2) is 50.1 Å². The highest BCUT2D eigenvalue weighted by Gasteiger charge is 2.22. The van der Waals surface area contributed by atoms with E-state index in [4.69, 9.17) is 0 Å². The van der Waals surface area contributed by atoms with Crippen LogP contribution >= 0.6 is 0 Å². The van der Waals surface area contributed by atoms with Gasteiger partial charge in [-0.1, -0.05) is 13.0 Å². The fraction of sp³-hybridized carbons (Fsp3) is 0.409. The van der Waals surface area contributed by atoms with Crippen molar-refractivity contribution < 1.29 is 22.7 Å². The van der Waals surface area contributed by atoms with Crippen molar-refractivity contribution in [3.63, 3.8) is 0 Å². The van der Waals surface area contributed by atoms with Crippen molar-refractivity contribution in [1.82, 2.24) is 10.2 Å². The van der Waals surface area contributed by atoms with Crippen molar-refractivity contribution in [2.75, 3.05) is 37.6 Å². The molecule has 0 aliphatic carbocycles. The number of likely N-dealkylation sites (N-methyl/N-ethyl adjacent to an activating group) is 1. The second-order valence-corrected chi connectivity index (χ2v) is 7.23. The standard InChI is InChI=1S/C22H26F3N3O2/c1-3-27-9-11-28(12-10-27)20-8-7-17(23)14-19(20)15(2)26-21(29)16-5-4-6-18(13-16)30-22(24)25/h4-8,13-15,22H,3,9-12H2,1-2H3,(H,26,29). The summed E-state index contributed by atoms with van der Waals surface area (Å²) in [5, 5.41) is 2.83. The van der Waals surface area contributed by atoms with E-state index in [0.29, 0.717) is 5.56 Å². The summed E-state index contributed by atoms with van der Waals surface area (Å²) in [5.41, 5.74) is 1.75. The molecular weight excluding hydrogens is 395 g/mol. The van der Waals surface area contributed by atoms with Crippen molar-refractivity contribution in [2.24, 2.45) is 0 Å². The molecule has 2 aromatic rings. The first-order valence-electron chi connectivity index (χ1n) is 10.00. The van der Waals surface area contributed by atoms with Gasteiger partial charge >= 0.3 is 6.61 Å². The second-order valence-electron chi connectivity index (χ2n) is 7.23. The number of nitrogens with zero attached hydrogens (tertiary/aromatic N) is 2. The molecule has 8 heteroatoms. The molecule has 0 radical (unpaired) electrons. The lowest BCUT2D eigenvalue weighted by Gasteiger charge is -2.37. The molecule has 1 unspecified atom stereocenters. The van der Waals surface area contributed by atoms with Crippen LogP contribution in [0.25, 0.3) is 0 Å². The van der Waals surface area contributed by atoms with Gasteiger partial charge in [-0.2, -0.15) is 8.78 Å². The molecule has 2 aromatic carbocycles. The Morgan fingerprint density at radius 2 is 1.87 bits per heavy atom. The minimum atomic E-state index is -2.97. The topological polar surface area (TPSA) is 44.8 Å². The van der Waals surface area contributed by atoms with Crippen LogP contribution in [0.2, 0.25) is 0 Å². The minimum absolute atomic E-state index is 0.0921. The Balaban J connectivity index is 1.76. The third kappa shape index (κ3) is 5.44. The summed E-state index contributed by atoms with van der Waals surface area (Å²) in [6.45, 7) is 5.40. The molecular formula is C22H26F3N3O2. The highest BCUT2D eigenvalue weighted by molar-refractivity contribution is 5.94. The van der Waals surface area contributed by atoms with E-state index in [-0.39, 0.29) is 17.1 Å². The summed E-state index contributed by atoms with van der Waals surface area (Å²) < 4.78 is 43.2. The number of ether oxygens (including phenoxy) is 1. The maximum Gasteiger partial charge on any atom is 0.387 e. The Labute approximate surface area is 174 Å². The number of carbonyl (C=O) groups is 1. The van der Waals surface area contributed by atoms with Gasteiger partial charge in [0.25, 0.3) is 5.91 Å². The summed E-state index contributed by atoms with van der Waals surface area (Å²) in [7, 11) is 0. The van der Waals surface area contributed by atoms with E-state index in [1.165, 1.54) is 36.4 Å². The largest absolute Gasteiger partial charge is 0.435 e. The zero-order chi connectivity index (χ0) is 21.7. The summed E-state index contributed by atoms with van der Waals surface area (Å²) in [4.78, 5) is 17.2. The molecule has 1 amide bonds. The molecule has 1 fully saturated rings. The van der Waals surface area contributed by atoms with E-state index in [1.807, 2.05) is 0 Å². The second kappa shape index (κ2) is 9.84. The highest BCUT2D eigenvalue weighted by atomic mass is 19.3. The van der Waals surface area contributed by atoms with Gasteiger partial charge in [0.1, 0.15) is 11.6 Å². The van der Waals surface area contributed by atoms with Gasteiger partial charge < -0.3 is 19.9 Å². The quantitative estimate of drug-likeness (QED) is 0.732. The number of amides is 1. The number of anilines is 1. The summed E-state index contributed by atoms with van der Waals surface area (Å²) in [6, 6.07) is 9.71. The molecule has 162 valence electrons. The van der Waals surface area contributed by atoms with Crippen molar-refractivity contribution in [3.05, 3.63) is 59.4 Å². The van der Waals surface area contributed by atoms with Gasteiger partial charge in [-0.3, -0.25) is 4.79 Å². The fourth-order valence-corrected chi connectivity index (χ4v) is 3.64. The molecule has 0 bridgehead atoms. The number of carbonyl (C=O) groups excluding carboxylic acids is 1. The maximum absolute atomic E-state index is 14.0. The average Bonchev–Trinajstić information content (AvgIpc) is 2.73. The van der Waals surface area contributed by atoms with Crippen molar-refractivity contribution in [1.29, 1.82) is 0 Å². The maximum atomic E-state index is 14.0. The van der Waals surface area contributed by atoms with Crippen LogP contribution < -0.4 is 15.0 Å². The number of nitrogens with one attached hydrogen (secondary N) is 1. The van der Waals surface area contributed by atoms with Gasteiger partial charge in [-0.15, -0.1) is 0 Å². The minimum Gasteiger partial charge on any atom is -0.435 e. The molecule has 1 heterocycles. The van der Waals surface area contributed by atoms with Gasteiger partial charge in [0, 0.05) is 43.0 Å². The van der Waals surface area contributed by atoms with Crippen molar-refractivity contribution in [3.8, 4) is 5.75 Å². The van der Waals surface area contributed by atoms with E-state index in [1.54, 1.807) is 13.0 Å². The van der Waals surface area contributed by atoms with Crippen LogP contribution in [0.15, 0.2) is 42.5 Å². The monoisotopic (exact) mass is 421 g/mol. The lowest BCUT2D eigenvalue weighted by Crippen LogP contribution is -2.46. The normalized spacial score (nSPS) is 15.9. The number of alkyl halides is 2. The smallest absolute Gasteiger partial charge is 0.387 e. The number of benzene rings is 2. The Hall–Kier alpha value is -2.74. The molecule has 1 aliphatic heterocycles. The van der Waals surface area contributed by atoms with E-state index < -0.39 is 18.6 Å². The molecule has 5 nitrogen and oxygen atoms in total. The molecule has 30 heavy (non-hydrogen) atoms. The Bertz CT molecular complexity index is 870. The van der Waals surface area contributed by atoms with Crippen molar-refractivity contribution >= 4 is 11.6 Å². The number of hydrogen-bond acceptors (Lipinski definition) is 4. The number of piperazine rings is 1. The van der Waals surface area contributed by atoms with Gasteiger partial charge in [0.05, 0.1) is 6.04 Å². The first-order chi connectivity index (χ1) is 14.4. The zero-order valence-electron chi connectivity index (χ0n) is 17.1. The zero-order valence-corrected chi connectivity index (χ0v) is 17.1. The van der Waals surface area contributed by atoms with Crippen LogP contribution in [0.3, 0.4) is 0 Å². The number of halogens is 3. The number of hydrogen-bond donors (Lipinski definition) is 1. The Morgan fingerprint density at radius 3 is 2.53 bits per heavy atom. The fourth-order valence-electron chi connectivity index (χ4n) is 3.64. The Morgan fingerprint density at radius 1 is 1.13 bits per heavy atom. The molecule has 0 aromatic heterocycles. The predicted molar refractivity (Wildman–Crippen MR) is 110 cm³/mol. The average molecular weight is 421 g/mol. The SMILES string of the molecule is CCN1CCN(c2ccc(F)cc2C(C)NC(=O)c2cccc(OC(F)F)c2)CC1. The lowest BCUT2D eigenvalue weighted by molar-refractivity contribution is -0.0498. The molecule has 0 saturated carbocycles. The van der Waals surface area contributed by atoms with Gasteiger partial charge in [-0.05, 0) is 49.9 Å². The summed E-state index contributed by atoms with van der Waals surface area (Å²) >= 11 is 0. The third-order valence-electron chi connectivity index (χ3n) is 5.29. The third-order valence-corrected chi connectivity index (χ3v) is 5.29. The number of rotatable bonds is 7. The molecule has 1 saturated heterocycles. The molecule has 0 spiro atoms. The van der Waals surface area contributed by atoms with Gasteiger partial charge in [-0.25, -0.2) is 4.39 Å². The summed E-state index contributed by atoms with van der Waals surface area (Å²) in [5.74, 6) is -0.923. The molecule has 1 N–H and O–H groups in total. The highest BCUT2D eigenvalue weighted by Crippen LogP contribution is 2.29. The van der Waals surface area contributed by atoms with Crippen LogP contribution in [-0.2, 0) is 0 Å². The predicted octanol–water partition coefficient (Wildman–Crippen LogP) is 4.06. The van der Waals surface area contributed by atoms with E-state index in [2.05, 4.69) is 26.8 Å². The van der Waals surface area contributed by atoms with E-state index >= 15 is 0 Å².